The van der Waals surface area contributed by atoms with Crippen LogP contribution in [0.15, 0.2) is 30.3 Å². The van der Waals surface area contributed by atoms with Gasteiger partial charge in [0.05, 0.1) is 6.54 Å². The molecule has 4 atom stereocenters. The summed E-state index contributed by atoms with van der Waals surface area (Å²) in [6, 6.07) is 10.6. The number of rotatable bonds is 3. The van der Waals surface area contributed by atoms with Crippen molar-refractivity contribution in [3.8, 4) is 0 Å². The van der Waals surface area contributed by atoms with E-state index < -0.39 is 11.2 Å². The molecule has 8 nitrogen and oxygen atoms in total. The van der Waals surface area contributed by atoms with Gasteiger partial charge < -0.3 is 24.6 Å². The first-order chi connectivity index (χ1) is 16.7. The molecule has 2 amide bonds. The zero-order valence-electron chi connectivity index (χ0n) is 21.4. The van der Waals surface area contributed by atoms with Gasteiger partial charge in [0.1, 0.15) is 11.2 Å². The van der Waals surface area contributed by atoms with Crippen molar-refractivity contribution in [3.05, 3.63) is 35.9 Å². The minimum Gasteiger partial charge on any atom is -0.444 e. The number of hydrogen-bond acceptors (Lipinski definition) is 6. The number of hydrogen-bond donors (Lipinski definition) is 1. The Labute approximate surface area is 208 Å². The Morgan fingerprint density at radius 3 is 2.34 bits per heavy atom. The summed E-state index contributed by atoms with van der Waals surface area (Å²) in [6.07, 6.45) is 1.41. The first-order valence-corrected chi connectivity index (χ1v) is 13.1. The van der Waals surface area contributed by atoms with E-state index in [-0.39, 0.29) is 18.1 Å². The van der Waals surface area contributed by atoms with Gasteiger partial charge >= 0.3 is 12.2 Å². The Balaban J connectivity index is 1.20. The van der Waals surface area contributed by atoms with Crippen molar-refractivity contribution in [1.82, 2.24) is 20.0 Å². The molecule has 1 aromatic rings. The summed E-state index contributed by atoms with van der Waals surface area (Å²) in [5, 5.41) is 3.43. The smallest absolute Gasteiger partial charge is 0.410 e. The lowest BCUT2D eigenvalue weighted by atomic mass is 9.82. The van der Waals surface area contributed by atoms with Gasteiger partial charge in [0.15, 0.2) is 0 Å². The second-order valence-corrected chi connectivity index (χ2v) is 12.2. The summed E-state index contributed by atoms with van der Waals surface area (Å²) < 4.78 is 11.9. The standard InChI is InChI=1S/C27H40N4O4/c1-26(2,3)34-25(33)31-17-23-10-27(19-31,18-28-11-23)35-24(32)30-15-21-9-22(16-30)14-29(13-21)12-20-7-5-4-6-8-20/h4-8,21-23,28H,9-19H2,1-3H3. The van der Waals surface area contributed by atoms with Crippen LogP contribution in [-0.2, 0) is 16.0 Å². The average molecular weight is 485 g/mol. The van der Waals surface area contributed by atoms with E-state index in [1.54, 1.807) is 4.90 Å². The molecule has 0 aromatic heterocycles. The van der Waals surface area contributed by atoms with E-state index in [0.29, 0.717) is 31.5 Å². The maximum absolute atomic E-state index is 13.4. The molecular formula is C27H40N4O4. The van der Waals surface area contributed by atoms with Gasteiger partial charge in [-0.2, -0.15) is 0 Å². The molecule has 35 heavy (non-hydrogen) atoms. The third-order valence-corrected chi connectivity index (χ3v) is 7.62. The molecule has 4 saturated heterocycles. The quantitative estimate of drug-likeness (QED) is 0.711. The molecule has 4 aliphatic rings. The van der Waals surface area contributed by atoms with Crippen LogP contribution < -0.4 is 5.32 Å². The predicted octanol–water partition coefficient (Wildman–Crippen LogP) is 3.18. The van der Waals surface area contributed by atoms with E-state index in [0.717, 1.165) is 45.7 Å². The maximum Gasteiger partial charge on any atom is 0.410 e. The number of amides is 2. The Morgan fingerprint density at radius 2 is 1.66 bits per heavy atom. The average Bonchev–Trinajstić information content (AvgIpc) is 2.77. The van der Waals surface area contributed by atoms with Crippen molar-refractivity contribution in [2.75, 3.05) is 52.4 Å². The number of benzene rings is 1. The minimum absolute atomic E-state index is 0.232. The normalized spacial score (nSPS) is 31.1. The van der Waals surface area contributed by atoms with Crippen LogP contribution in [0.2, 0.25) is 0 Å². The number of nitrogens with one attached hydrogen (secondary N) is 1. The highest BCUT2D eigenvalue weighted by Crippen LogP contribution is 2.35. The highest BCUT2D eigenvalue weighted by atomic mass is 16.6. The highest BCUT2D eigenvalue weighted by molar-refractivity contribution is 5.70. The van der Waals surface area contributed by atoms with Crippen LogP contribution in [0, 0.1) is 17.8 Å². The van der Waals surface area contributed by atoms with Crippen molar-refractivity contribution in [3.63, 3.8) is 0 Å². The topological polar surface area (TPSA) is 74.3 Å². The van der Waals surface area contributed by atoms with E-state index in [1.807, 2.05) is 25.7 Å². The number of nitrogens with zero attached hydrogens (tertiary/aromatic N) is 3. The number of likely N-dealkylation sites (tertiary alicyclic amines) is 3. The number of piperidine rings is 4. The molecule has 0 saturated carbocycles. The molecule has 192 valence electrons. The minimum atomic E-state index is -0.693. The number of fused-ring (bicyclic) bond motifs is 4. The summed E-state index contributed by atoms with van der Waals surface area (Å²) in [6.45, 7) is 12.5. The van der Waals surface area contributed by atoms with E-state index in [2.05, 4.69) is 40.5 Å². The summed E-state index contributed by atoms with van der Waals surface area (Å²) >= 11 is 0. The summed E-state index contributed by atoms with van der Waals surface area (Å²) in [5.41, 5.74) is 0.0984. The predicted molar refractivity (Wildman–Crippen MR) is 133 cm³/mol. The Morgan fingerprint density at radius 1 is 0.971 bits per heavy atom. The monoisotopic (exact) mass is 484 g/mol. The lowest BCUT2D eigenvalue weighted by Gasteiger charge is -2.50. The van der Waals surface area contributed by atoms with Gasteiger partial charge in [0, 0.05) is 45.8 Å². The largest absolute Gasteiger partial charge is 0.444 e. The van der Waals surface area contributed by atoms with Gasteiger partial charge in [-0.25, -0.2) is 9.59 Å². The fraction of sp³-hybridized carbons (Fsp3) is 0.704. The SMILES string of the molecule is CC(C)(C)OC(=O)N1CC2CNCC(OC(=O)N3CC4CC(CN(Cc5ccccc5)C4)C3)(C2)C1. The van der Waals surface area contributed by atoms with Crippen LogP contribution in [0.5, 0.6) is 0 Å². The van der Waals surface area contributed by atoms with E-state index in [4.69, 9.17) is 9.47 Å². The molecule has 4 aliphatic heterocycles. The van der Waals surface area contributed by atoms with E-state index in [9.17, 15) is 9.59 Å². The third kappa shape index (κ3) is 5.92. The van der Waals surface area contributed by atoms with Crippen LogP contribution >= 0.6 is 0 Å². The molecule has 4 bridgehead atoms. The van der Waals surface area contributed by atoms with Gasteiger partial charge in [-0.1, -0.05) is 30.3 Å². The van der Waals surface area contributed by atoms with Gasteiger partial charge in [-0.15, -0.1) is 0 Å². The molecule has 4 unspecified atom stereocenters. The first-order valence-electron chi connectivity index (χ1n) is 13.1. The van der Waals surface area contributed by atoms with Crippen LogP contribution in [-0.4, -0.2) is 90.4 Å². The van der Waals surface area contributed by atoms with Gasteiger partial charge in [0.2, 0.25) is 0 Å². The van der Waals surface area contributed by atoms with E-state index >= 15 is 0 Å². The van der Waals surface area contributed by atoms with Crippen molar-refractivity contribution in [1.29, 1.82) is 0 Å². The number of carbonyl (C=O) groups is 2. The van der Waals surface area contributed by atoms with Gasteiger partial charge in [-0.3, -0.25) is 4.90 Å². The Kier molecular flexibility index (Phi) is 6.70. The Bertz CT molecular complexity index is 906. The van der Waals surface area contributed by atoms with Crippen LogP contribution in [0.4, 0.5) is 9.59 Å². The second kappa shape index (κ2) is 9.62. The number of ether oxygens (including phenoxy) is 2. The lowest BCUT2D eigenvalue weighted by molar-refractivity contribution is -0.0929. The van der Waals surface area contributed by atoms with Gasteiger partial charge in [-0.05, 0) is 63.5 Å². The Hall–Kier alpha value is -2.32. The summed E-state index contributed by atoms with van der Waals surface area (Å²) in [7, 11) is 0. The van der Waals surface area contributed by atoms with Gasteiger partial charge in [0.25, 0.3) is 0 Å². The highest BCUT2D eigenvalue weighted by Gasteiger charge is 2.49. The lowest BCUT2D eigenvalue weighted by Crippen LogP contribution is -2.65. The maximum atomic E-state index is 13.4. The fourth-order valence-corrected chi connectivity index (χ4v) is 6.48. The molecule has 8 heteroatoms. The zero-order chi connectivity index (χ0) is 24.6. The summed E-state index contributed by atoms with van der Waals surface area (Å²) in [4.78, 5) is 32.4. The van der Waals surface area contributed by atoms with Crippen molar-refractivity contribution >= 4 is 12.2 Å². The second-order valence-electron chi connectivity index (χ2n) is 12.2. The molecule has 0 radical (unpaired) electrons. The molecule has 1 aromatic carbocycles. The number of carbonyl (C=O) groups excluding carboxylic acids is 2. The van der Waals surface area contributed by atoms with Crippen molar-refractivity contribution in [2.45, 2.75) is 51.4 Å². The molecule has 0 spiro atoms. The van der Waals surface area contributed by atoms with E-state index in [1.165, 1.54) is 12.0 Å². The fourth-order valence-electron chi connectivity index (χ4n) is 6.48. The third-order valence-electron chi connectivity index (χ3n) is 7.62. The molecule has 1 N–H and O–H groups in total. The van der Waals surface area contributed by atoms with Crippen LogP contribution in [0.1, 0.15) is 39.2 Å². The molecule has 4 heterocycles. The molecular weight excluding hydrogens is 444 g/mol. The van der Waals surface area contributed by atoms with Crippen molar-refractivity contribution < 1.29 is 19.1 Å². The molecule has 5 rings (SSSR count). The molecule has 0 aliphatic carbocycles. The van der Waals surface area contributed by atoms with Crippen LogP contribution in [0.3, 0.4) is 0 Å². The molecule has 4 fully saturated rings. The first kappa shape index (κ1) is 24.4. The van der Waals surface area contributed by atoms with Crippen LogP contribution in [0.25, 0.3) is 0 Å². The van der Waals surface area contributed by atoms with Crippen molar-refractivity contribution in [2.24, 2.45) is 17.8 Å². The zero-order valence-corrected chi connectivity index (χ0v) is 21.4. The summed E-state index contributed by atoms with van der Waals surface area (Å²) in [5.74, 6) is 1.20.